The molecule has 1 aromatic carbocycles. The van der Waals surface area contributed by atoms with Crippen LogP contribution in [0.5, 0.6) is 0 Å². The average molecular weight is 286 g/mol. The minimum atomic E-state index is -1.11. The highest BCUT2D eigenvalue weighted by Crippen LogP contribution is 2.23. The van der Waals surface area contributed by atoms with E-state index in [1.807, 2.05) is 12.1 Å². The summed E-state index contributed by atoms with van der Waals surface area (Å²) >= 11 is 0. The molecule has 2 aromatic rings. The molecule has 3 rings (SSSR count). The predicted octanol–water partition coefficient (Wildman–Crippen LogP) is 0.895. The maximum absolute atomic E-state index is 12.6. The smallest absolute Gasteiger partial charge is 0.326 e. The van der Waals surface area contributed by atoms with E-state index in [2.05, 4.69) is 4.98 Å². The predicted molar refractivity (Wildman–Crippen MR) is 74.8 cm³/mol. The standard InChI is InChI=1S/C15H14N2O4/c18-10-7-12(15(20)21)17(8-10)14(19)13-11-4-2-1-3-9(11)5-6-16-13/h1-6,10,12,18H,7-8H2,(H,20,21). The first kappa shape index (κ1) is 13.5. The van der Waals surface area contributed by atoms with Gasteiger partial charge >= 0.3 is 5.97 Å². The zero-order valence-corrected chi connectivity index (χ0v) is 11.1. The van der Waals surface area contributed by atoms with E-state index >= 15 is 0 Å². The van der Waals surface area contributed by atoms with Crippen LogP contribution in [0, 0.1) is 0 Å². The van der Waals surface area contributed by atoms with Gasteiger partial charge in [-0.15, -0.1) is 0 Å². The third-order valence-electron chi connectivity index (χ3n) is 3.70. The number of likely N-dealkylation sites (tertiary alicyclic amines) is 1. The van der Waals surface area contributed by atoms with E-state index in [4.69, 9.17) is 0 Å². The second kappa shape index (κ2) is 5.14. The molecule has 0 aliphatic carbocycles. The van der Waals surface area contributed by atoms with Crippen LogP contribution in [0.2, 0.25) is 0 Å². The van der Waals surface area contributed by atoms with E-state index in [1.165, 1.54) is 11.1 Å². The number of hydrogen-bond donors (Lipinski definition) is 2. The summed E-state index contributed by atoms with van der Waals surface area (Å²) in [4.78, 5) is 29.1. The fourth-order valence-corrected chi connectivity index (χ4v) is 2.70. The molecular weight excluding hydrogens is 272 g/mol. The molecule has 0 radical (unpaired) electrons. The van der Waals surface area contributed by atoms with Crippen LogP contribution in [0.4, 0.5) is 0 Å². The SMILES string of the molecule is O=C(O)C1CC(O)CN1C(=O)c1nccc2ccccc12. The van der Waals surface area contributed by atoms with Crippen molar-refractivity contribution >= 4 is 22.6 Å². The van der Waals surface area contributed by atoms with Gasteiger partial charge in [0.25, 0.3) is 5.91 Å². The molecule has 2 atom stereocenters. The number of carbonyl (C=O) groups is 2. The number of aliphatic hydroxyl groups excluding tert-OH is 1. The van der Waals surface area contributed by atoms with E-state index in [0.717, 1.165) is 5.39 Å². The molecule has 1 aromatic heterocycles. The van der Waals surface area contributed by atoms with E-state index in [0.29, 0.717) is 5.39 Å². The van der Waals surface area contributed by atoms with Crippen molar-refractivity contribution in [3.8, 4) is 0 Å². The third-order valence-corrected chi connectivity index (χ3v) is 3.70. The van der Waals surface area contributed by atoms with E-state index in [9.17, 15) is 19.8 Å². The number of aliphatic hydroxyl groups is 1. The lowest BCUT2D eigenvalue weighted by atomic mass is 10.1. The Bertz CT molecular complexity index is 710. The summed E-state index contributed by atoms with van der Waals surface area (Å²) in [5.41, 5.74) is 0.216. The molecule has 0 bridgehead atoms. The van der Waals surface area contributed by atoms with Gasteiger partial charge in [-0.1, -0.05) is 24.3 Å². The number of amides is 1. The van der Waals surface area contributed by atoms with Gasteiger partial charge in [0.2, 0.25) is 0 Å². The average Bonchev–Trinajstić information content (AvgIpc) is 2.88. The lowest BCUT2D eigenvalue weighted by Gasteiger charge is -2.21. The number of carboxylic acid groups (broad SMARTS) is 1. The van der Waals surface area contributed by atoms with Gasteiger partial charge in [0.1, 0.15) is 11.7 Å². The van der Waals surface area contributed by atoms with Gasteiger partial charge in [-0.2, -0.15) is 0 Å². The number of β-amino-alcohol motifs (C(OH)–C–C–N with tert-alkyl or cyclic N) is 1. The van der Waals surface area contributed by atoms with Crippen molar-refractivity contribution < 1.29 is 19.8 Å². The van der Waals surface area contributed by atoms with Crippen molar-refractivity contribution in [2.45, 2.75) is 18.6 Å². The van der Waals surface area contributed by atoms with Crippen LogP contribution in [0.1, 0.15) is 16.9 Å². The number of rotatable bonds is 2. The molecule has 1 aliphatic heterocycles. The van der Waals surface area contributed by atoms with Crippen molar-refractivity contribution in [1.82, 2.24) is 9.88 Å². The molecule has 1 fully saturated rings. The molecule has 6 nitrogen and oxygen atoms in total. The van der Waals surface area contributed by atoms with Crippen molar-refractivity contribution in [3.05, 3.63) is 42.2 Å². The molecule has 0 saturated carbocycles. The molecule has 2 unspecified atom stereocenters. The summed E-state index contributed by atoms with van der Waals surface area (Å²) in [6.45, 7) is 0.0146. The fraction of sp³-hybridized carbons (Fsp3) is 0.267. The lowest BCUT2D eigenvalue weighted by Crippen LogP contribution is -2.41. The third kappa shape index (κ3) is 2.34. The molecule has 108 valence electrons. The number of benzene rings is 1. The number of nitrogens with zero attached hydrogens (tertiary/aromatic N) is 2. The molecule has 21 heavy (non-hydrogen) atoms. The summed E-state index contributed by atoms with van der Waals surface area (Å²) in [7, 11) is 0. The molecule has 1 amide bonds. The van der Waals surface area contributed by atoms with Gasteiger partial charge in [0.05, 0.1) is 6.10 Å². The van der Waals surface area contributed by atoms with E-state index in [-0.39, 0.29) is 18.7 Å². The molecular formula is C15H14N2O4. The Labute approximate surface area is 120 Å². The van der Waals surface area contributed by atoms with E-state index in [1.54, 1.807) is 18.2 Å². The number of carbonyl (C=O) groups excluding carboxylic acids is 1. The van der Waals surface area contributed by atoms with Gasteiger partial charge in [0, 0.05) is 24.5 Å². The largest absolute Gasteiger partial charge is 0.480 e. The quantitative estimate of drug-likeness (QED) is 0.855. The first-order valence-corrected chi connectivity index (χ1v) is 6.63. The van der Waals surface area contributed by atoms with E-state index < -0.39 is 24.0 Å². The van der Waals surface area contributed by atoms with Gasteiger partial charge < -0.3 is 15.1 Å². The maximum atomic E-state index is 12.6. The molecule has 2 N–H and O–H groups in total. The Kier molecular flexibility index (Phi) is 3.31. The van der Waals surface area contributed by atoms with Crippen molar-refractivity contribution in [2.75, 3.05) is 6.54 Å². The van der Waals surface area contributed by atoms with Crippen LogP contribution in [-0.4, -0.2) is 50.7 Å². The number of aromatic nitrogens is 1. The monoisotopic (exact) mass is 286 g/mol. The minimum absolute atomic E-state index is 0.0146. The van der Waals surface area contributed by atoms with Crippen molar-refractivity contribution in [3.63, 3.8) is 0 Å². The Balaban J connectivity index is 2.02. The van der Waals surface area contributed by atoms with Crippen LogP contribution in [0.25, 0.3) is 10.8 Å². The van der Waals surface area contributed by atoms with Crippen LogP contribution < -0.4 is 0 Å². The van der Waals surface area contributed by atoms with Crippen molar-refractivity contribution in [2.24, 2.45) is 0 Å². The maximum Gasteiger partial charge on any atom is 0.326 e. The molecule has 0 spiro atoms. The minimum Gasteiger partial charge on any atom is -0.480 e. The Morgan fingerprint density at radius 2 is 2.00 bits per heavy atom. The first-order chi connectivity index (χ1) is 10.1. The summed E-state index contributed by atoms with van der Waals surface area (Å²) < 4.78 is 0. The second-order valence-corrected chi connectivity index (χ2v) is 5.08. The summed E-state index contributed by atoms with van der Waals surface area (Å²) in [6.07, 6.45) is 0.758. The van der Waals surface area contributed by atoms with Crippen LogP contribution in [0.15, 0.2) is 36.5 Å². The summed E-state index contributed by atoms with van der Waals surface area (Å²) in [5.74, 6) is -1.57. The van der Waals surface area contributed by atoms with Crippen LogP contribution in [-0.2, 0) is 4.79 Å². The lowest BCUT2D eigenvalue weighted by molar-refractivity contribution is -0.141. The summed E-state index contributed by atoms with van der Waals surface area (Å²) in [5, 5.41) is 20.4. The molecule has 6 heteroatoms. The van der Waals surface area contributed by atoms with Crippen LogP contribution in [0.3, 0.4) is 0 Å². The van der Waals surface area contributed by atoms with Gasteiger partial charge in [-0.05, 0) is 11.5 Å². The van der Waals surface area contributed by atoms with Crippen LogP contribution >= 0.6 is 0 Å². The Morgan fingerprint density at radius 1 is 1.24 bits per heavy atom. The van der Waals surface area contributed by atoms with Gasteiger partial charge in [0.15, 0.2) is 0 Å². The first-order valence-electron chi connectivity index (χ1n) is 6.63. The van der Waals surface area contributed by atoms with Crippen molar-refractivity contribution in [1.29, 1.82) is 0 Å². The number of aliphatic carboxylic acids is 1. The molecule has 1 aliphatic rings. The number of pyridine rings is 1. The zero-order chi connectivity index (χ0) is 15.0. The topological polar surface area (TPSA) is 90.7 Å². The summed E-state index contributed by atoms with van der Waals surface area (Å²) in [6, 6.07) is 8.08. The van der Waals surface area contributed by atoms with Gasteiger partial charge in [-0.25, -0.2) is 4.79 Å². The van der Waals surface area contributed by atoms with Gasteiger partial charge in [-0.3, -0.25) is 9.78 Å². The zero-order valence-electron chi connectivity index (χ0n) is 11.1. The highest BCUT2D eigenvalue weighted by atomic mass is 16.4. The molecule has 1 saturated heterocycles. The second-order valence-electron chi connectivity index (χ2n) is 5.08. The molecule has 2 heterocycles. The fourth-order valence-electron chi connectivity index (χ4n) is 2.70. The normalized spacial score (nSPS) is 21.7. The highest BCUT2D eigenvalue weighted by Gasteiger charge is 2.39. The Morgan fingerprint density at radius 3 is 2.76 bits per heavy atom. The number of hydrogen-bond acceptors (Lipinski definition) is 4. The number of carboxylic acids is 1. The Hall–Kier alpha value is -2.47. The highest BCUT2D eigenvalue weighted by molar-refractivity contribution is 6.06. The number of fused-ring (bicyclic) bond motifs is 1.